The van der Waals surface area contributed by atoms with Gasteiger partial charge in [0.1, 0.15) is 19.2 Å². The average molecular weight is 238 g/mol. The summed E-state index contributed by atoms with van der Waals surface area (Å²) in [5.74, 6) is 0.0935. The van der Waals surface area contributed by atoms with Crippen molar-refractivity contribution in [3.05, 3.63) is 12.7 Å². The predicted octanol–water partition coefficient (Wildman–Crippen LogP) is 0.0416. The molecule has 1 unspecified atom stereocenters. The van der Waals surface area contributed by atoms with E-state index in [2.05, 4.69) is 10.1 Å². The molecule has 17 heavy (non-hydrogen) atoms. The molecule has 94 valence electrons. The molecule has 0 aliphatic carbocycles. The molecule has 1 amide bonds. The topological polar surface area (TPSA) is 71.2 Å². The summed E-state index contributed by atoms with van der Waals surface area (Å²) in [5.41, 5.74) is 0. The summed E-state index contributed by atoms with van der Waals surface area (Å²) in [4.78, 5) is 17.8. The largest absolute Gasteiger partial charge is 0.396 e. The van der Waals surface area contributed by atoms with Crippen molar-refractivity contribution in [2.75, 3.05) is 13.2 Å². The van der Waals surface area contributed by atoms with E-state index in [0.717, 1.165) is 32.2 Å². The minimum absolute atomic E-state index is 0.0935. The van der Waals surface area contributed by atoms with E-state index in [-0.39, 0.29) is 25.1 Å². The van der Waals surface area contributed by atoms with Crippen LogP contribution in [0.2, 0.25) is 0 Å². The van der Waals surface area contributed by atoms with E-state index in [1.165, 1.54) is 6.33 Å². The summed E-state index contributed by atoms with van der Waals surface area (Å²) >= 11 is 0. The van der Waals surface area contributed by atoms with Crippen LogP contribution in [0.15, 0.2) is 12.7 Å². The van der Waals surface area contributed by atoms with Crippen LogP contribution in [0.25, 0.3) is 0 Å². The van der Waals surface area contributed by atoms with Gasteiger partial charge in [0.2, 0.25) is 5.91 Å². The van der Waals surface area contributed by atoms with E-state index in [4.69, 9.17) is 5.11 Å². The summed E-state index contributed by atoms with van der Waals surface area (Å²) < 4.78 is 1.55. The third kappa shape index (κ3) is 3.03. The molecule has 1 atom stereocenters. The van der Waals surface area contributed by atoms with Crippen LogP contribution in [-0.4, -0.2) is 49.9 Å². The van der Waals surface area contributed by atoms with Gasteiger partial charge in [0.05, 0.1) is 0 Å². The number of aromatic nitrogens is 3. The third-order valence-electron chi connectivity index (χ3n) is 3.16. The lowest BCUT2D eigenvalue weighted by atomic mass is 10.1. The number of amides is 1. The first-order valence-electron chi connectivity index (χ1n) is 6.04. The summed E-state index contributed by atoms with van der Waals surface area (Å²) in [5, 5.41) is 12.8. The molecule has 1 aliphatic heterocycles. The van der Waals surface area contributed by atoms with Crippen LogP contribution in [0.3, 0.4) is 0 Å². The van der Waals surface area contributed by atoms with Gasteiger partial charge in [-0.3, -0.25) is 4.79 Å². The molecule has 1 aromatic heterocycles. The zero-order valence-electron chi connectivity index (χ0n) is 9.83. The minimum atomic E-state index is 0.0935. The summed E-state index contributed by atoms with van der Waals surface area (Å²) in [6.07, 6.45) is 6.73. The molecule has 6 heteroatoms. The van der Waals surface area contributed by atoms with Crippen LogP contribution in [0.4, 0.5) is 0 Å². The van der Waals surface area contributed by atoms with E-state index in [0.29, 0.717) is 0 Å². The molecule has 0 aromatic carbocycles. The van der Waals surface area contributed by atoms with Crippen molar-refractivity contribution in [1.29, 1.82) is 0 Å². The van der Waals surface area contributed by atoms with Crippen LogP contribution >= 0.6 is 0 Å². The number of carbonyl (C=O) groups excluding carboxylic acids is 1. The molecule has 0 bridgehead atoms. The van der Waals surface area contributed by atoms with Gasteiger partial charge in [0.25, 0.3) is 0 Å². The fourth-order valence-corrected chi connectivity index (χ4v) is 2.33. The number of nitrogens with zero attached hydrogens (tertiary/aromatic N) is 4. The molecule has 2 rings (SSSR count). The average Bonchev–Trinajstić information content (AvgIpc) is 2.96. The maximum atomic E-state index is 12.1. The van der Waals surface area contributed by atoms with E-state index in [1.807, 2.05) is 4.90 Å². The number of rotatable bonds is 5. The van der Waals surface area contributed by atoms with Gasteiger partial charge in [0.15, 0.2) is 0 Å². The quantitative estimate of drug-likeness (QED) is 0.786. The lowest BCUT2D eigenvalue weighted by Gasteiger charge is -2.24. The Hall–Kier alpha value is -1.43. The standard InChI is InChI=1S/C11H18N4O2/c16-6-2-4-10-3-1-5-15(10)11(17)7-14-9-12-8-13-14/h8-10,16H,1-7H2. The fraction of sp³-hybridized carbons (Fsp3) is 0.727. The highest BCUT2D eigenvalue weighted by atomic mass is 16.3. The molecule has 0 spiro atoms. The summed E-state index contributed by atoms with van der Waals surface area (Å²) in [7, 11) is 0. The molecule has 0 radical (unpaired) electrons. The predicted molar refractivity (Wildman–Crippen MR) is 61.1 cm³/mol. The van der Waals surface area contributed by atoms with E-state index in [1.54, 1.807) is 11.0 Å². The van der Waals surface area contributed by atoms with Gasteiger partial charge in [-0.25, -0.2) is 9.67 Å². The zero-order chi connectivity index (χ0) is 12.1. The van der Waals surface area contributed by atoms with Crippen molar-refractivity contribution >= 4 is 5.91 Å². The highest BCUT2D eigenvalue weighted by Crippen LogP contribution is 2.21. The number of aliphatic hydroxyl groups excluding tert-OH is 1. The Balaban J connectivity index is 1.89. The smallest absolute Gasteiger partial charge is 0.244 e. The Morgan fingerprint density at radius 1 is 1.53 bits per heavy atom. The van der Waals surface area contributed by atoms with Gasteiger partial charge in [-0.1, -0.05) is 0 Å². The maximum Gasteiger partial charge on any atom is 0.244 e. The summed E-state index contributed by atoms with van der Waals surface area (Å²) in [6, 6.07) is 0.290. The SMILES string of the molecule is O=C(Cn1cncn1)N1CCCC1CCCO. The highest BCUT2D eigenvalue weighted by molar-refractivity contribution is 5.76. The van der Waals surface area contributed by atoms with Gasteiger partial charge in [-0.05, 0) is 25.7 Å². The van der Waals surface area contributed by atoms with Crippen molar-refractivity contribution < 1.29 is 9.90 Å². The van der Waals surface area contributed by atoms with Crippen LogP contribution in [-0.2, 0) is 11.3 Å². The Bertz CT molecular complexity index is 352. The number of likely N-dealkylation sites (tertiary alicyclic amines) is 1. The van der Waals surface area contributed by atoms with Crippen molar-refractivity contribution in [2.45, 2.75) is 38.3 Å². The van der Waals surface area contributed by atoms with Crippen molar-refractivity contribution in [3.63, 3.8) is 0 Å². The van der Waals surface area contributed by atoms with Gasteiger partial charge in [-0.15, -0.1) is 0 Å². The molecule has 1 saturated heterocycles. The van der Waals surface area contributed by atoms with E-state index in [9.17, 15) is 4.79 Å². The normalized spacial score (nSPS) is 19.8. The lowest BCUT2D eigenvalue weighted by Crippen LogP contribution is -2.37. The Morgan fingerprint density at radius 3 is 3.12 bits per heavy atom. The molecule has 1 fully saturated rings. The molecule has 2 heterocycles. The molecular weight excluding hydrogens is 220 g/mol. The molecule has 6 nitrogen and oxygen atoms in total. The minimum Gasteiger partial charge on any atom is -0.396 e. The second-order valence-corrected chi connectivity index (χ2v) is 4.34. The maximum absolute atomic E-state index is 12.1. The van der Waals surface area contributed by atoms with Gasteiger partial charge in [0, 0.05) is 19.2 Å². The van der Waals surface area contributed by atoms with Crippen molar-refractivity contribution in [3.8, 4) is 0 Å². The number of hydrogen-bond acceptors (Lipinski definition) is 4. The van der Waals surface area contributed by atoms with Crippen LogP contribution < -0.4 is 0 Å². The van der Waals surface area contributed by atoms with Crippen LogP contribution in [0, 0.1) is 0 Å². The first kappa shape index (κ1) is 12.0. The van der Waals surface area contributed by atoms with Crippen LogP contribution in [0.1, 0.15) is 25.7 Å². The number of hydrogen-bond donors (Lipinski definition) is 1. The number of aliphatic hydroxyl groups is 1. The lowest BCUT2D eigenvalue weighted by molar-refractivity contribution is -0.133. The number of carbonyl (C=O) groups is 1. The molecule has 0 saturated carbocycles. The van der Waals surface area contributed by atoms with Gasteiger partial charge >= 0.3 is 0 Å². The second-order valence-electron chi connectivity index (χ2n) is 4.34. The molecule has 1 aliphatic rings. The second kappa shape index (κ2) is 5.77. The first-order valence-corrected chi connectivity index (χ1v) is 6.04. The monoisotopic (exact) mass is 238 g/mol. The van der Waals surface area contributed by atoms with Gasteiger partial charge in [-0.2, -0.15) is 5.10 Å². The van der Waals surface area contributed by atoms with Crippen molar-refractivity contribution in [1.82, 2.24) is 19.7 Å². The zero-order valence-corrected chi connectivity index (χ0v) is 9.83. The fourth-order valence-electron chi connectivity index (χ4n) is 2.33. The highest BCUT2D eigenvalue weighted by Gasteiger charge is 2.28. The third-order valence-corrected chi connectivity index (χ3v) is 3.16. The van der Waals surface area contributed by atoms with Crippen molar-refractivity contribution in [2.24, 2.45) is 0 Å². The van der Waals surface area contributed by atoms with E-state index >= 15 is 0 Å². The summed E-state index contributed by atoms with van der Waals surface area (Å²) in [6.45, 7) is 1.28. The molecule has 1 N–H and O–H groups in total. The Morgan fingerprint density at radius 2 is 2.41 bits per heavy atom. The Labute approximate surface area is 100 Å². The molecule has 1 aromatic rings. The Kier molecular flexibility index (Phi) is 4.08. The first-order chi connectivity index (χ1) is 8.31. The van der Waals surface area contributed by atoms with E-state index < -0.39 is 0 Å². The van der Waals surface area contributed by atoms with Crippen LogP contribution in [0.5, 0.6) is 0 Å². The molecular formula is C11H18N4O2. The van der Waals surface area contributed by atoms with Gasteiger partial charge < -0.3 is 10.0 Å².